The van der Waals surface area contributed by atoms with Crippen molar-refractivity contribution in [1.29, 1.82) is 0 Å². The zero-order valence-electron chi connectivity index (χ0n) is 12.6. The molecule has 112 valence electrons. The summed E-state index contributed by atoms with van der Waals surface area (Å²) in [5, 5.41) is 0. The summed E-state index contributed by atoms with van der Waals surface area (Å²) in [5.41, 5.74) is 8.45. The van der Waals surface area contributed by atoms with Crippen molar-refractivity contribution in [3.63, 3.8) is 0 Å². The molecule has 1 aliphatic rings. The fourth-order valence-electron chi connectivity index (χ4n) is 2.60. The lowest BCUT2D eigenvalue weighted by molar-refractivity contribution is -0.130. The van der Waals surface area contributed by atoms with Crippen LogP contribution in [0, 0.1) is 13.8 Å². The number of ether oxygens (including phenoxy) is 3. The maximum atomic E-state index is 6.06. The molecule has 2 heterocycles. The zero-order valence-corrected chi connectivity index (χ0v) is 12.6. The molecule has 1 aromatic rings. The third kappa shape index (κ3) is 3.11. The van der Waals surface area contributed by atoms with Crippen molar-refractivity contribution in [2.45, 2.75) is 38.9 Å². The molecule has 1 unspecified atom stereocenters. The lowest BCUT2D eigenvalue weighted by atomic mass is 9.96. The van der Waals surface area contributed by atoms with Gasteiger partial charge in [-0.15, -0.1) is 0 Å². The van der Waals surface area contributed by atoms with E-state index in [2.05, 4.69) is 4.98 Å². The molecule has 0 saturated carbocycles. The van der Waals surface area contributed by atoms with E-state index in [0.29, 0.717) is 19.8 Å². The molecule has 1 atom stereocenters. The van der Waals surface area contributed by atoms with E-state index in [1.165, 1.54) is 0 Å². The average Bonchev–Trinajstić information content (AvgIpc) is 2.48. The molecular weight excluding hydrogens is 256 g/mol. The van der Waals surface area contributed by atoms with Crippen LogP contribution in [-0.2, 0) is 16.1 Å². The van der Waals surface area contributed by atoms with Crippen LogP contribution in [0.2, 0.25) is 0 Å². The Bertz CT molecular complexity index is 457. The number of aromatic nitrogens is 1. The predicted octanol–water partition coefficient (Wildman–Crippen LogP) is 1.73. The second-order valence-corrected chi connectivity index (χ2v) is 5.38. The van der Waals surface area contributed by atoms with Crippen LogP contribution >= 0.6 is 0 Å². The molecule has 0 spiro atoms. The minimum absolute atomic E-state index is 0.371. The van der Waals surface area contributed by atoms with Gasteiger partial charge in [0.25, 0.3) is 0 Å². The molecule has 5 nitrogen and oxygen atoms in total. The number of methoxy groups -OCH3 is 1. The first-order valence-corrected chi connectivity index (χ1v) is 7.03. The van der Waals surface area contributed by atoms with E-state index in [9.17, 15) is 0 Å². The number of nitrogens with zero attached hydrogens (tertiary/aromatic N) is 1. The van der Waals surface area contributed by atoms with Gasteiger partial charge in [0.05, 0.1) is 26.0 Å². The highest BCUT2D eigenvalue weighted by Crippen LogP contribution is 2.27. The Kier molecular flexibility index (Phi) is 4.96. The lowest BCUT2D eigenvalue weighted by Gasteiger charge is -2.35. The lowest BCUT2D eigenvalue weighted by Crippen LogP contribution is -2.47. The van der Waals surface area contributed by atoms with E-state index in [-0.39, 0.29) is 5.60 Å². The van der Waals surface area contributed by atoms with Crippen LogP contribution in [0.3, 0.4) is 0 Å². The Morgan fingerprint density at radius 1 is 1.45 bits per heavy atom. The first-order valence-electron chi connectivity index (χ1n) is 7.03. The molecular formula is C15H24N2O3. The van der Waals surface area contributed by atoms with Crippen molar-refractivity contribution >= 4 is 0 Å². The Hall–Kier alpha value is -1.17. The van der Waals surface area contributed by atoms with Crippen LogP contribution < -0.4 is 10.5 Å². The molecule has 0 amide bonds. The van der Waals surface area contributed by atoms with Gasteiger partial charge in [0, 0.05) is 30.5 Å². The molecule has 5 heteroatoms. The molecule has 1 fully saturated rings. The normalized spacial score (nSPS) is 22.8. The molecule has 20 heavy (non-hydrogen) atoms. The number of hydrogen-bond donors (Lipinski definition) is 1. The van der Waals surface area contributed by atoms with Crippen molar-refractivity contribution in [1.82, 2.24) is 4.98 Å². The van der Waals surface area contributed by atoms with Crippen molar-refractivity contribution in [3.8, 4) is 5.75 Å². The topological polar surface area (TPSA) is 66.6 Å². The van der Waals surface area contributed by atoms with Crippen molar-refractivity contribution < 1.29 is 14.2 Å². The molecule has 1 aliphatic heterocycles. The van der Waals surface area contributed by atoms with Crippen molar-refractivity contribution in [2.75, 3.05) is 26.9 Å². The van der Waals surface area contributed by atoms with Gasteiger partial charge in [-0.1, -0.05) is 0 Å². The molecule has 0 aromatic carbocycles. The summed E-state index contributed by atoms with van der Waals surface area (Å²) < 4.78 is 17.0. The van der Waals surface area contributed by atoms with E-state index in [1.807, 2.05) is 20.0 Å². The highest BCUT2D eigenvalue weighted by Gasteiger charge is 2.32. The first-order chi connectivity index (χ1) is 9.62. The minimum Gasteiger partial charge on any atom is -0.496 e. The molecule has 1 aromatic heterocycles. The minimum atomic E-state index is -0.371. The van der Waals surface area contributed by atoms with Gasteiger partial charge in [-0.2, -0.15) is 0 Å². The molecule has 0 radical (unpaired) electrons. The van der Waals surface area contributed by atoms with Crippen molar-refractivity contribution in [2.24, 2.45) is 5.73 Å². The molecule has 2 rings (SSSR count). The maximum Gasteiger partial charge on any atom is 0.128 e. The van der Waals surface area contributed by atoms with E-state index in [4.69, 9.17) is 19.9 Å². The largest absolute Gasteiger partial charge is 0.496 e. The van der Waals surface area contributed by atoms with Gasteiger partial charge in [0.1, 0.15) is 11.4 Å². The summed E-state index contributed by atoms with van der Waals surface area (Å²) in [4.78, 5) is 4.45. The van der Waals surface area contributed by atoms with Gasteiger partial charge >= 0.3 is 0 Å². The number of nitrogens with two attached hydrogens (primary N) is 1. The van der Waals surface area contributed by atoms with Gasteiger partial charge in [-0.05, 0) is 26.7 Å². The predicted molar refractivity (Wildman–Crippen MR) is 76.9 cm³/mol. The molecule has 2 N–H and O–H groups in total. The summed E-state index contributed by atoms with van der Waals surface area (Å²) >= 11 is 0. The van der Waals surface area contributed by atoms with Gasteiger partial charge in [-0.25, -0.2) is 0 Å². The maximum absolute atomic E-state index is 6.06. The van der Waals surface area contributed by atoms with Crippen molar-refractivity contribution in [3.05, 3.63) is 23.0 Å². The summed E-state index contributed by atoms with van der Waals surface area (Å²) in [7, 11) is 1.68. The van der Waals surface area contributed by atoms with Gasteiger partial charge in [-0.3, -0.25) is 4.98 Å². The van der Waals surface area contributed by atoms with Crippen LogP contribution in [-0.4, -0.2) is 37.5 Å². The van der Waals surface area contributed by atoms with Gasteiger partial charge < -0.3 is 19.9 Å². The second kappa shape index (κ2) is 6.52. The third-order valence-corrected chi connectivity index (χ3v) is 3.92. The molecule has 1 saturated heterocycles. The molecule has 0 aliphatic carbocycles. The van der Waals surface area contributed by atoms with Gasteiger partial charge in [0.2, 0.25) is 0 Å². The Labute approximate surface area is 120 Å². The fraction of sp³-hybridized carbons (Fsp3) is 0.667. The smallest absolute Gasteiger partial charge is 0.128 e. The highest BCUT2D eigenvalue weighted by atomic mass is 16.5. The van der Waals surface area contributed by atoms with E-state index < -0.39 is 0 Å². The van der Waals surface area contributed by atoms with E-state index >= 15 is 0 Å². The fourth-order valence-corrected chi connectivity index (χ4v) is 2.60. The van der Waals surface area contributed by atoms with Crippen LogP contribution in [0.25, 0.3) is 0 Å². The van der Waals surface area contributed by atoms with Crippen LogP contribution in [0.15, 0.2) is 6.20 Å². The average molecular weight is 280 g/mol. The number of hydrogen-bond acceptors (Lipinski definition) is 5. The number of aryl methyl sites for hydroxylation is 1. The summed E-state index contributed by atoms with van der Waals surface area (Å²) in [6.45, 7) is 6.24. The highest BCUT2D eigenvalue weighted by molar-refractivity contribution is 5.40. The molecule has 0 bridgehead atoms. The summed E-state index contributed by atoms with van der Waals surface area (Å²) in [6.07, 6.45) is 3.74. The Balaban J connectivity index is 2.10. The van der Waals surface area contributed by atoms with Crippen LogP contribution in [0.4, 0.5) is 0 Å². The monoisotopic (exact) mass is 280 g/mol. The summed E-state index contributed by atoms with van der Waals surface area (Å²) in [5.74, 6) is 0.875. The number of rotatable bonds is 5. The third-order valence-electron chi connectivity index (χ3n) is 3.92. The SMILES string of the molecule is COc1c(C)cnc(COC2(CN)CCCOC2)c1C. The van der Waals surface area contributed by atoms with E-state index in [1.54, 1.807) is 7.11 Å². The van der Waals surface area contributed by atoms with Crippen LogP contribution in [0.1, 0.15) is 29.7 Å². The quantitative estimate of drug-likeness (QED) is 0.889. The standard InChI is InChI=1S/C15H24N2O3/c1-11-7-17-13(12(2)14(11)18-3)8-20-15(9-16)5-4-6-19-10-15/h7H,4-6,8-10,16H2,1-3H3. The first kappa shape index (κ1) is 15.2. The number of pyridine rings is 1. The zero-order chi connectivity index (χ0) is 14.6. The van der Waals surface area contributed by atoms with Crippen LogP contribution in [0.5, 0.6) is 5.75 Å². The second-order valence-electron chi connectivity index (χ2n) is 5.38. The Morgan fingerprint density at radius 2 is 2.25 bits per heavy atom. The van der Waals surface area contributed by atoms with Gasteiger partial charge in [0.15, 0.2) is 0 Å². The van der Waals surface area contributed by atoms with E-state index in [0.717, 1.165) is 42.0 Å². The Morgan fingerprint density at radius 3 is 2.85 bits per heavy atom. The summed E-state index contributed by atoms with van der Waals surface area (Å²) in [6, 6.07) is 0.